The van der Waals surface area contributed by atoms with Crippen molar-refractivity contribution in [2.45, 2.75) is 22.8 Å². The van der Waals surface area contributed by atoms with Crippen molar-refractivity contribution in [2.75, 3.05) is 7.05 Å². The smallest absolute Gasteiger partial charge is 0.123 e. The highest BCUT2D eigenvalue weighted by Crippen LogP contribution is 2.28. The fraction of sp³-hybridized carbons (Fsp3) is 0.200. The van der Waals surface area contributed by atoms with E-state index in [-0.39, 0.29) is 5.82 Å². The zero-order valence-corrected chi connectivity index (χ0v) is 11.3. The van der Waals surface area contributed by atoms with E-state index in [0.717, 1.165) is 9.79 Å². The van der Waals surface area contributed by atoms with Crippen LogP contribution in [0.3, 0.4) is 0 Å². The van der Waals surface area contributed by atoms with Crippen molar-refractivity contribution in [3.63, 3.8) is 0 Å². The summed E-state index contributed by atoms with van der Waals surface area (Å²) in [5.74, 6) is -0.197. The lowest BCUT2D eigenvalue weighted by atomic mass is 10.1. The molecule has 18 heavy (non-hydrogen) atoms. The summed E-state index contributed by atoms with van der Waals surface area (Å²) >= 11 is 1.64. The highest BCUT2D eigenvalue weighted by molar-refractivity contribution is 7.99. The molecule has 0 aliphatic heterocycles. The maximum atomic E-state index is 12.8. The molecule has 1 unspecified atom stereocenters. The maximum absolute atomic E-state index is 12.8. The molecule has 3 heteroatoms. The average Bonchev–Trinajstić information content (AvgIpc) is 2.41. The molecule has 0 saturated heterocycles. The normalized spacial score (nSPS) is 12.4. The van der Waals surface area contributed by atoms with E-state index in [2.05, 4.69) is 36.5 Å². The summed E-state index contributed by atoms with van der Waals surface area (Å²) < 4.78 is 12.8. The van der Waals surface area contributed by atoms with E-state index in [0.29, 0.717) is 6.04 Å². The van der Waals surface area contributed by atoms with Gasteiger partial charge in [-0.3, -0.25) is 0 Å². The van der Waals surface area contributed by atoms with E-state index < -0.39 is 0 Å². The third-order valence-electron chi connectivity index (χ3n) is 2.86. The van der Waals surface area contributed by atoms with Crippen molar-refractivity contribution in [2.24, 2.45) is 0 Å². The molecule has 0 aliphatic rings. The second-order valence-corrected chi connectivity index (χ2v) is 5.28. The standard InChI is InChI=1S/C15H16FNS/c1-11(17-2)12-3-7-14(8-4-12)18-15-9-5-13(16)6-10-15/h3-11,17H,1-2H3. The van der Waals surface area contributed by atoms with Crippen molar-refractivity contribution in [3.8, 4) is 0 Å². The first-order valence-corrected chi connectivity index (χ1v) is 6.71. The first-order valence-electron chi connectivity index (χ1n) is 5.89. The molecule has 0 radical (unpaired) electrons. The molecular formula is C15H16FNS. The van der Waals surface area contributed by atoms with Gasteiger partial charge in [0.1, 0.15) is 5.82 Å². The quantitative estimate of drug-likeness (QED) is 0.882. The molecule has 2 rings (SSSR count). The van der Waals surface area contributed by atoms with Crippen molar-refractivity contribution in [3.05, 3.63) is 59.9 Å². The summed E-state index contributed by atoms with van der Waals surface area (Å²) in [5, 5.41) is 3.21. The van der Waals surface area contributed by atoms with Crippen molar-refractivity contribution < 1.29 is 4.39 Å². The zero-order valence-electron chi connectivity index (χ0n) is 10.5. The molecule has 2 aromatic rings. The predicted octanol–water partition coefficient (Wildman–Crippen LogP) is 4.26. The third-order valence-corrected chi connectivity index (χ3v) is 3.88. The molecule has 1 nitrogen and oxygen atoms in total. The summed E-state index contributed by atoms with van der Waals surface area (Å²) in [7, 11) is 1.95. The molecule has 1 atom stereocenters. The molecule has 0 fully saturated rings. The van der Waals surface area contributed by atoms with E-state index in [1.165, 1.54) is 17.7 Å². The van der Waals surface area contributed by atoms with Crippen LogP contribution in [0.15, 0.2) is 58.3 Å². The van der Waals surface area contributed by atoms with Gasteiger partial charge in [0.05, 0.1) is 0 Å². The van der Waals surface area contributed by atoms with Crippen LogP contribution in [0, 0.1) is 5.82 Å². The van der Waals surface area contributed by atoms with E-state index in [9.17, 15) is 4.39 Å². The van der Waals surface area contributed by atoms with Gasteiger partial charge in [-0.2, -0.15) is 0 Å². The molecule has 0 saturated carbocycles. The van der Waals surface area contributed by atoms with Gasteiger partial charge in [0.25, 0.3) is 0 Å². The number of halogens is 1. The molecule has 1 N–H and O–H groups in total. The Bertz CT molecular complexity index is 493. The second-order valence-electron chi connectivity index (χ2n) is 4.14. The Balaban J connectivity index is 2.08. The van der Waals surface area contributed by atoms with Crippen LogP contribution in [-0.4, -0.2) is 7.05 Å². The molecule has 94 valence electrons. The number of benzene rings is 2. The van der Waals surface area contributed by atoms with Crippen molar-refractivity contribution in [1.82, 2.24) is 5.32 Å². The molecule has 0 aromatic heterocycles. The first-order chi connectivity index (χ1) is 8.69. The van der Waals surface area contributed by atoms with Gasteiger partial charge >= 0.3 is 0 Å². The van der Waals surface area contributed by atoms with E-state index in [1.807, 2.05) is 7.05 Å². The summed E-state index contributed by atoms with van der Waals surface area (Å²) in [6.45, 7) is 2.13. The van der Waals surface area contributed by atoms with Gasteiger partial charge in [0, 0.05) is 15.8 Å². The van der Waals surface area contributed by atoms with Crippen molar-refractivity contribution in [1.29, 1.82) is 0 Å². The third kappa shape index (κ3) is 3.34. The maximum Gasteiger partial charge on any atom is 0.123 e. The van der Waals surface area contributed by atoms with Crippen LogP contribution in [-0.2, 0) is 0 Å². The SMILES string of the molecule is CNC(C)c1ccc(Sc2ccc(F)cc2)cc1. The second kappa shape index (κ2) is 6.03. The molecule has 0 amide bonds. The van der Waals surface area contributed by atoms with Crippen LogP contribution in [0.25, 0.3) is 0 Å². The topological polar surface area (TPSA) is 12.0 Å². The molecule has 0 heterocycles. The van der Waals surface area contributed by atoms with Crippen LogP contribution < -0.4 is 5.32 Å². The first kappa shape index (κ1) is 13.1. The number of hydrogen-bond donors (Lipinski definition) is 1. The Kier molecular flexibility index (Phi) is 4.39. The summed E-state index contributed by atoms with van der Waals surface area (Å²) in [6.07, 6.45) is 0. The molecule has 0 bridgehead atoms. The monoisotopic (exact) mass is 261 g/mol. The minimum atomic E-state index is -0.197. The Labute approximate surface area is 111 Å². The lowest BCUT2D eigenvalue weighted by Crippen LogP contribution is -2.11. The van der Waals surface area contributed by atoms with Gasteiger partial charge in [-0.1, -0.05) is 23.9 Å². The summed E-state index contributed by atoms with van der Waals surface area (Å²) in [6, 6.07) is 15.3. The van der Waals surface area contributed by atoms with Gasteiger partial charge in [0.2, 0.25) is 0 Å². The summed E-state index contributed by atoms with van der Waals surface area (Å²) in [5.41, 5.74) is 1.26. The van der Waals surface area contributed by atoms with E-state index >= 15 is 0 Å². The van der Waals surface area contributed by atoms with E-state index in [1.54, 1.807) is 23.9 Å². The fourth-order valence-corrected chi connectivity index (χ4v) is 2.45. The van der Waals surface area contributed by atoms with Gasteiger partial charge in [-0.15, -0.1) is 0 Å². The minimum Gasteiger partial charge on any atom is -0.313 e. The van der Waals surface area contributed by atoms with Crippen LogP contribution in [0.1, 0.15) is 18.5 Å². The van der Waals surface area contributed by atoms with Crippen LogP contribution in [0.2, 0.25) is 0 Å². The Morgan fingerprint density at radius 2 is 1.44 bits per heavy atom. The van der Waals surface area contributed by atoms with Crippen molar-refractivity contribution >= 4 is 11.8 Å². The van der Waals surface area contributed by atoms with Gasteiger partial charge in [-0.05, 0) is 55.9 Å². The predicted molar refractivity (Wildman–Crippen MR) is 74.4 cm³/mol. The van der Waals surface area contributed by atoms with Gasteiger partial charge in [-0.25, -0.2) is 4.39 Å². The number of rotatable bonds is 4. The minimum absolute atomic E-state index is 0.197. The van der Waals surface area contributed by atoms with Gasteiger partial charge in [0.15, 0.2) is 0 Å². The van der Waals surface area contributed by atoms with E-state index in [4.69, 9.17) is 0 Å². The van der Waals surface area contributed by atoms with Crippen LogP contribution >= 0.6 is 11.8 Å². The lowest BCUT2D eigenvalue weighted by molar-refractivity contribution is 0.626. The molecule has 0 aliphatic carbocycles. The lowest BCUT2D eigenvalue weighted by Gasteiger charge is -2.10. The molecule has 2 aromatic carbocycles. The number of hydrogen-bond acceptors (Lipinski definition) is 2. The average molecular weight is 261 g/mol. The van der Waals surface area contributed by atoms with Gasteiger partial charge < -0.3 is 5.32 Å². The number of nitrogens with one attached hydrogen (secondary N) is 1. The summed E-state index contributed by atoms with van der Waals surface area (Å²) in [4.78, 5) is 2.21. The Morgan fingerprint density at radius 3 is 1.94 bits per heavy atom. The Morgan fingerprint density at radius 1 is 0.944 bits per heavy atom. The molecule has 0 spiro atoms. The van der Waals surface area contributed by atoms with Crippen LogP contribution in [0.4, 0.5) is 4.39 Å². The highest BCUT2D eigenvalue weighted by Gasteiger charge is 2.03. The largest absolute Gasteiger partial charge is 0.313 e. The van der Waals surface area contributed by atoms with Crippen LogP contribution in [0.5, 0.6) is 0 Å². The Hall–Kier alpha value is -1.32. The highest BCUT2D eigenvalue weighted by atomic mass is 32.2. The molecular weight excluding hydrogens is 245 g/mol. The zero-order chi connectivity index (χ0) is 13.0. The fourth-order valence-electron chi connectivity index (χ4n) is 1.63.